The largest absolute Gasteiger partial charge is 0.435 e. The quantitative estimate of drug-likeness (QED) is 0.612. The van der Waals surface area contributed by atoms with E-state index in [4.69, 9.17) is 0 Å². The van der Waals surface area contributed by atoms with Crippen LogP contribution in [0.25, 0.3) is 5.69 Å². The molecule has 28 heavy (non-hydrogen) atoms. The average Bonchev–Trinajstić information content (AvgIpc) is 3.21. The van der Waals surface area contributed by atoms with E-state index in [1.807, 2.05) is 0 Å². The van der Waals surface area contributed by atoms with Crippen molar-refractivity contribution in [3.8, 4) is 5.69 Å². The van der Waals surface area contributed by atoms with Crippen LogP contribution < -0.4 is 5.32 Å². The van der Waals surface area contributed by atoms with E-state index in [2.05, 4.69) is 15.4 Å². The average molecular weight is 420 g/mol. The van der Waals surface area contributed by atoms with E-state index >= 15 is 0 Å². The minimum atomic E-state index is -5.03. The third kappa shape index (κ3) is 4.01. The molecule has 0 saturated carbocycles. The van der Waals surface area contributed by atoms with E-state index in [1.165, 1.54) is 17.6 Å². The van der Waals surface area contributed by atoms with Crippen LogP contribution in [0.4, 0.5) is 32.0 Å². The highest BCUT2D eigenvalue weighted by molar-refractivity contribution is 7.12. The van der Waals surface area contributed by atoms with Crippen LogP contribution in [0.3, 0.4) is 0 Å². The standard InChI is InChI=1S/C16H10F6N4OS/c1-8-13(28-7-23-8)14(27)24-9-2-4-10(5-3-9)26-12(16(20,21)22)6-11(25-26)15(17,18)19/h2-7H,1H3,(H,24,27). The number of aromatic nitrogens is 3. The van der Waals surface area contributed by atoms with Crippen molar-refractivity contribution in [3.63, 3.8) is 0 Å². The Bertz CT molecular complexity index is 1000. The van der Waals surface area contributed by atoms with Crippen molar-refractivity contribution in [3.05, 3.63) is 57.8 Å². The van der Waals surface area contributed by atoms with Gasteiger partial charge in [0.2, 0.25) is 0 Å². The van der Waals surface area contributed by atoms with Crippen molar-refractivity contribution in [2.45, 2.75) is 19.3 Å². The van der Waals surface area contributed by atoms with Crippen LogP contribution in [-0.4, -0.2) is 20.7 Å². The number of amides is 1. The first kappa shape index (κ1) is 19.9. The van der Waals surface area contributed by atoms with Crippen LogP contribution in [0.5, 0.6) is 0 Å². The van der Waals surface area contributed by atoms with Crippen LogP contribution in [-0.2, 0) is 12.4 Å². The number of thiazole rings is 1. The van der Waals surface area contributed by atoms with Crippen molar-refractivity contribution in [1.29, 1.82) is 0 Å². The molecule has 0 fully saturated rings. The number of hydrogen-bond donors (Lipinski definition) is 1. The number of nitrogens with zero attached hydrogens (tertiary/aromatic N) is 3. The Balaban J connectivity index is 1.90. The Kier molecular flexibility index (Phi) is 4.91. The van der Waals surface area contributed by atoms with E-state index in [9.17, 15) is 31.1 Å². The van der Waals surface area contributed by atoms with Gasteiger partial charge in [0.05, 0.1) is 16.9 Å². The molecule has 0 bridgehead atoms. The molecule has 0 aliphatic heterocycles. The molecule has 1 aromatic carbocycles. The van der Waals surface area contributed by atoms with Crippen LogP contribution in [0, 0.1) is 6.92 Å². The topological polar surface area (TPSA) is 59.8 Å². The van der Waals surface area contributed by atoms with Gasteiger partial charge in [-0.1, -0.05) is 0 Å². The van der Waals surface area contributed by atoms with Crippen molar-refractivity contribution in [1.82, 2.24) is 14.8 Å². The minimum Gasteiger partial charge on any atom is -0.321 e. The summed E-state index contributed by atoms with van der Waals surface area (Å²) in [4.78, 5) is 16.4. The monoisotopic (exact) mass is 420 g/mol. The Morgan fingerprint density at radius 3 is 2.21 bits per heavy atom. The third-order valence-corrected chi connectivity index (χ3v) is 4.54. The summed E-state index contributed by atoms with van der Waals surface area (Å²) in [7, 11) is 0. The molecule has 0 atom stereocenters. The molecule has 0 unspecified atom stereocenters. The Morgan fingerprint density at radius 1 is 1.07 bits per heavy atom. The van der Waals surface area contributed by atoms with Gasteiger partial charge in [-0.05, 0) is 31.2 Å². The number of halogens is 6. The first-order valence-electron chi connectivity index (χ1n) is 7.53. The number of hydrogen-bond acceptors (Lipinski definition) is 4. The summed E-state index contributed by atoms with van der Waals surface area (Å²) in [5.41, 5.74) is -1.20. The second-order valence-electron chi connectivity index (χ2n) is 5.59. The number of carbonyl (C=O) groups is 1. The molecular weight excluding hydrogens is 410 g/mol. The maximum Gasteiger partial charge on any atom is 0.435 e. The molecule has 3 aromatic rings. The second kappa shape index (κ2) is 6.93. The van der Waals surface area contributed by atoms with Gasteiger partial charge in [0.1, 0.15) is 10.6 Å². The fourth-order valence-electron chi connectivity index (χ4n) is 2.31. The van der Waals surface area contributed by atoms with Crippen LogP contribution in [0.2, 0.25) is 0 Å². The number of carbonyl (C=O) groups excluding carboxylic acids is 1. The van der Waals surface area contributed by atoms with Gasteiger partial charge in [-0.25, -0.2) is 9.67 Å². The highest BCUT2D eigenvalue weighted by Gasteiger charge is 2.42. The fourth-order valence-corrected chi connectivity index (χ4v) is 3.01. The van der Waals surface area contributed by atoms with E-state index in [0.717, 1.165) is 23.5 Å². The summed E-state index contributed by atoms with van der Waals surface area (Å²) in [6, 6.07) is 4.72. The van der Waals surface area contributed by atoms with Gasteiger partial charge in [0.15, 0.2) is 5.69 Å². The highest BCUT2D eigenvalue weighted by Crippen LogP contribution is 2.36. The summed E-state index contributed by atoms with van der Waals surface area (Å²) in [5.74, 6) is -0.456. The maximum absolute atomic E-state index is 13.1. The lowest BCUT2D eigenvalue weighted by Crippen LogP contribution is -2.14. The van der Waals surface area contributed by atoms with Crippen molar-refractivity contribution in [2.75, 3.05) is 5.32 Å². The smallest absolute Gasteiger partial charge is 0.321 e. The zero-order valence-electron chi connectivity index (χ0n) is 13.9. The lowest BCUT2D eigenvalue weighted by Gasteiger charge is -2.11. The summed E-state index contributed by atoms with van der Waals surface area (Å²) in [6.07, 6.45) is -10.1. The first-order chi connectivity index (χ1) is 13.0. The van der Waals surface area contributed by atoms with Gasteiger partial charge in [0, 0.05) is 11.8 Å². The summed E-state index contributed by atoms with van der Waals surface area (Å²) >= 11 is 1.12. The zero-order chi connectivity index (χ0) is 20.7. The van der Waals surface area contributed by atoms with Crippen LogP contribution in [0.1, 0.15) is 26.8 Å². The molecule has 12 heteroatoms. The number of anilines is 1. The number of alkyl halides is 6. The molecule has 148 valence electrons. The first-order valence-corrected chi connectivity index (χ1v) is 8.41. The van der Waals surface area contributed by atoms with Crippen molar-refractivity contribution in [2.24, 2.45) is 0 Å². The van der Waals surface area contributed by atoms with Crippen molar-refractivity contribution >= 4 is 22.9 Å². The molecule has 5 nitrogen and oxygen atoms in total. The van der Waals surface area contributed by atoms with Gasteiger partial charge >= 0.3 is 12.4 Å². The van der Waals surface area contributed by atoms with E-state index in [-0.39, 0.29) is 22.1 Å². The van der Waals surface area contributed by atoms with Crippen LogP contribution in [0.15, 0.2) is 35.8 Å². The lowest BCUT2D eigenvalue weighted by atomic mass is 10.2. The van der Waals surface area contributed by atoms with E-state index in [0.29, 0.717) is 10.6 Å². The molecule has 0 saturated heterocycles. The molecule has 3 rings (SSSR count). The van der Waals surface area contributed by atoms with Gasteiger partial charge in [-0.2, -0.15) is 31.4 Å². The normalized spacial score (nSPS) is 12.2. The van der Waals surface area contributed by atoms with E-state index in [1.54, 1.807) is 6.92 Å². The Labute approximate surface area is 157 Å². The molecule has 0 radical (unpaired) electrons. The second-order valence-corrected chi connectivity index (χ2v) is 6.44. The maximum atomic E-state index is 13.1. The number of benzene rings is 1. The molecule has 2 heterocycles. The molecule has 0 aliphatic carbocycles. The Morgan fingerprint density at radius 2 is 1.71 bits per heavy atom. The summed E-state index contributed by atoms with van der Waals surface area (Å²) < 4.78 is 77.7. The predicted molar refractivity (Wildman–Crippen MR) is 88.4 cm³/mol. The number of aryl methyl sites for hydroxylation is 1. The molecule has 0 spiro atoms. The van der Waals surface area contributed by atoms with Gasteiger partial charge in [-0.3, -0.25) is 4.79 Å². The third-order valence-electron chi connectivity index (χ3n) is 3.61. The number of nitrogens with one attached hydrogen (secondary N) is 1. The van der Waals surface area contributed by atoms with Gasteiger partial charge in [0.25, 0.3) is 5.91 Å². The van der Waals surface area contributed by atoms with Crippen molar-refractivity contribution < 1.29 is 31.1 Å². The zero-order valence-corrected chi connectivity index (χ0v) is 14.7. The molecule has 2 aromatic heterocycles. The highest BCUT2D eigenvalue weighted by atomic mass is 32.1. The summed E-state index contributed by atoms with van der Waals surface area (Å²) in [6.45, 7) is 1.64. The molecule has 1 amide bonds. The van der Waals surface area contributed by atoms with Gasteiger partial charge < -0.3 is 5.32 Å². The Hall–Kier alpha value is -2.89. The lowest BCUT2D eigenvalue weighted by molar-refractivity contribution is -0.143. The fraction of sp³-hybridized carbons (Fsp3) is 0.188. The molecule has 1 N–H and O–H groups in total. The van der Waals surface area contributed by atoms with E-state index < -0.39 is 29.6 Å². The summed E-state index contributed by atoms with van der Waals surface area (Å²) in [5, 5.41) is 5.58. The minimum absolute atomic E-state index is 0.0533. The predicted octanol–water partition coefficient (Wildman–Crippen LogP) is 4.93. The SMILES string of the molecule is Cc1ncsc1C(=O)Nc1ccc(-n2nc(C(F)(F)F)cc2C(F)(F)F)cc1. The van der Waals surface area contributed by atoms with Crippen LogP contribution >= 0.6 is 11.3 Å². The number of rotatable bonds is 3. The molecular formula is C16H10F6N4OS. The van der Waals surface area contributed by atoms with Gasteiger partial charge in [-0.15, -0.1) is 11.3 Å². The molecule has 0 aliphatic rings.